The second-order valence-electron chi connectivity index (χ2n) is 6.26. The molecule has 6 nitrogen and oxygen atoms in total. The molecule has 0 radical (unpaired) electrons. The van der Waals surface area contributed by atoms with Gasteiger partial charge >= 0.3 is 5.97 Å². The van der Waals surface area contributed by atoms with E-state index in [-0.39, 0.29) is 29.6 Å². The van der Waals surface area contributed by atoms with Gasteiger partial charge in [-0.1, -0.05) is 0 Å². The Morgan fingerprint density at radius 1 is 1.25 bits per heavy atom. The molecule has 7 heteroatoms. The van der Waals surface area contributed by atoms with Crippen molar-refractivity contribution in [2.45, 2.75) is 19.3 Å². The summed E-state index contributed by atoms with van der Waals surface area (Å²) in [6.45, 7) is 1.94. The molecule has 24 heavy (non-hydrogen) atoms. The number of nitrogens with one attached hydrogen (secondary N) is 2. The predicted octanol–water partition coefficient (Wildman–Crippen LogP) is 2.23. The van der Waals surface area contributed by atoms with Crippen molar-refractivity contribution in [3.63, 3.8) is 0 Å². The maximum absolute atomic E-state index is 12.6. The van der Waals surface area contributed by atoms with Gasteiger partial charge in [-0.05, 0) is 56.0 Å². The van der Waals surface area contributed by atoms with Gasteiger partial charge in [0.1, 0.15) is 5.75 Å². The molecule has 2 aliphatic rings. The van der Waals surface area contributed by atoms with Crippen LogP contribution in [-0.2, 0) is 9.53 Å². The number of piperidine rings is 1. The molecule has 3 rings (SSSR count). The van der Waals surface area contributed by atoms with Crippen molar-refractivity contribution in [2.75, 3.05) is 32.6 Å². The zero-order valence-corrected chi connectivity index (χ0v) is 14.7. The first-order valence-electron chi connectivity index (χ1n) is 7.87. The number of benzene rings is 1. The molecule has 1 atom stereocenters. The summed E-state index contributed by atoms with van der Waals surface area (Å²) in [6.07, 6.45) is 3.01. The van der Waals surface area contributed by atoms with E-state index >= 15 is 0 Å². The summed E-state index contributed by atoms with van der Waals surface area (Å²) in [4.78, 5) is 24.5. The summed E-state index contributed by atoms with van der Waals surface area (Å²) in [5, 5.41) is 6.22. The molecule has 1 amide bonds. The molecule has 1 aromatic carbocycles. The van der Waals surface area contributed by atoms with Gasteiger partial charge in [-0.2, -0.15) is 0 Å². The number of halogens is 1. The van der Waals surface area contributed by atoms with E-state index in [0.717, 1.165) is 32.4 Å². The maximum Gasteiger partial charge on any atom is 0.340 e. The van der Waals surface area contributed by atoms with Gasteiger partial charge in [0.15, 0.2) is 0 Å². The van der Waals surface area contributed by atoms with Gasteiger partial charge < -0.3 is 20.1 Å². The highest BCUT2D eigenvalue weighted by Crippen LogP contribution is 2.58. The van der Waals surface area contributed by atoms with Crippen molar-refractivity contribution in [2.24, 2.45) is 11.3 Å². The fourth-order valence-corrected chi connectivity index (χ4v) is 3.45. The minimum absolute atomic E-state index is 0. The maximum atomic E-state index is 12.6. The highest BCUT2D eigenvalue weighted by Gasteiger charge is 2.57. The van der Waals surface area contributed by atoms with Crippen molar-refractivity contribution in [1.29, 1.82) is 0 Å². The van der Waals surface area contributed by atoms with Crippen LogP contribution in [0.15, 0.2) is 18.2 Å². The topological polar surface area (TPSA) is 76.7 Å². The second kappa shape index (κ2) is 7.40. The molecular weight excluding hydrogens is 332 g/mol. The summed E-state index contributed by atoms with van der Waals surface area (Å²) in [5.74, 6) is 0.0793. The number of esters is 1. The standard InChI is InChI=1S/C17H22N2O4.ClH/c1-22-11-3-4-14(12(9-11)16(21)23-2)19-15(20)13-10-17(13)5-7-18-8-6-17;/h3-4,9,13,18H,5-8,10H2,1-2H3,(H,19,20);1H. The number of carbonyl (C=O) groups is 2. The number of rotatable bonds is 4. The zero-order chi connectivity index (χ0) is 16.4. The number of hydrogen-bond donors (Lipinski definition) is 2. The Morgan fingerprint density at radius 2 is 1.96 bits per heavy atom. The summed E-state index contributed by atoms with van der Waals surface area (Å²) in [7, 11) is 2.85. The van der Waals surface area contributed by atoms with E-state index in [1.54, 1.807) is 18.2 Å². The summed E-state index contributed by atoms with van der Waals surface area (Å²) in [5.41, 5.74) is 0.937. The first-order chi connectivity index (χ1) is 11.1. The number of amides is 1. The summed E-state index contributed by atoms with van der Waals surface area (Å²) in [6, 6.07) is 4.98. The van der Waals surface area contributed by atoms with E-state index in [1.807, 2.05) is 0 Å². The monoisotopic (exact) mass is 354 g/mol. The fraction of sp³-hybridized carbons (Fsp3) is 0.529. The van der Waals surface area contributed by atoms with Crippen molar-refractivity contribution in [3.05, 3.63) is 23.8 Å². The summed E-state index contributed by atoms with van der Waals surface area (Å²) >= 11 is 0. The van der Waals surface area contributed by atoms with Crippen LogP contribution >= 0.6 is 12.4 Å². The van der Waals surface area contributed by atoms with E-state index in [4.69, 9.17) is 9.47 Å². The molecule has 2 fully saturated rings. The van der Waals surface area contributed by atoms with Crippen LogP contribution in [0.4, 0.5) is 5.69 Å². The number of hydrogen-bond acceptors (Lipinski definition) is 5. The molecule has 1 aromatic rings. The van der Waals surface area contributed by atoms with Crippen LogP contribution in [0.25, 0.3) is 0 Å². The fourth-order valence-electron chi connectivity index (χ4n) is 3.45. The molecule has 1 aliphatic carbocycles. The Bertz CT molecular complexity index is 629. The van der Waals surface area contributed by atoms with E-state index in [0.29, 0.717) is 17.0 Å². The molecule has 1 aliphatic heterocycles. The Morgan fingerprint density at radius 3 is 2.58 bits per heavy atom. The van der Waals surface area contributed by atoms with E-state index in [9.17, 15) is 9.59 Å². The van der Waals surface area contributed by atoms with Crippen molar-refractivity contribution in [1.82, 2.24) is 5.32 Å². The van der Waals surface area contributed by atoms with Crippen LogP contribution < -0.4 is 15.4 Å². The van der Waals surface area contributed by atoms with Crippen LogP contribution in [0, 0.1) is 11.3 Å². The number of ether oxygens (including phenoxy) is 2. The lowest BCUT2D eigenvalue weighted by Gasteiger charge is -2.23. The first kappa shape index (κ1) is 18.5. The SMILES string of the molecule is COC(=O)c1cc(OC)ccc1NC(=O)C1CC12CCNCC2.Cl. The molecule has 0 bridgehead atoms. The van der Waals surface area contributed by atoms with E-state index in [1.165, 1.54) is 14.2 Å². The molecule has 2 N–H and O–H groups in total. The van der Waals surface area contributed by atoms with Gasteiger partial charge in [-0.15, -0.1) is 12.4 Å². The van der Waals surface area contributed by atoms with Gasteiger partial charge in [-0.3, -0.25) is 4.79 Å². The van der Waals surface area contributed by atoms with Crippen molar-refractivity contribution < 1.29 is 19.1 Å². The minimum Gasteiger partial charge on any atom is -0.497 e. The lowest BCUT2D eigenvalue weighted by Crippen LogP contribution is -2.31. The minimum atomic E-state index is -0.494. The van der Waals surface area contributed by atoms with Crippen LogP contribution in [0.2, 0.25) is 0 Å². The molecule has 1 heterocycles. The van der Waals surface area contributed by atoms with Crippen LogP contribution in [0.3, 0.4) is 0 Å². The molecular formula is C17H23ClN2O4. The van der Waals surface area contributed by atoms with Crippen molar-refractivity contribution >= 4 is 30.0 Å². The van der Waals surface area contributed by atoms with Gasteiger partial charge in [0, 0.05) is 5.92 Å². The van der Waals surface area contributed by atoms with Gasteiger partial charge in [-0.25, -0.2) is 4.79 Å². The molecule has 1 spiro atoms. The molecule has 1 unspecified atom stereocenters. The third-order valence-electron chi connectivity index (χ3n) is 5.00. The highest BCUT2D eigenvalue weighted by atomic mass is 35.5. The predicted molar refractivity (Wildman–Crippen MR) is 92.9 cm³/mol. The Labute approximate surface area is 147 Å². The lowest BCUT2D eigenvalue weighted by atomic mass is 9.91. The van der Waals surface area contributed by atoms with Gasteiger partial charge in [0.05, 0.1) is 25.5 Å². The largest absolute Gasteiger partial charge is 0.497 e. The summed E-state index contributed by atoms with van der Waals surface area (Å²) < 4.78 is 9.92. The lowest BCUT2D eigenvalue weighted by molar-refractivity contribution is -0.118. The molecule has 132 valence electrons. The number of methoxy groups -OCH3 is 2. The third kappa shape index (κ3) is 3.49. The Hall–Kier alpha value is -1.79. The van der Waals surface area contributed by atoms with Crippen LogP contribution in [0.1, 0.15) is 29.6 Å². The highest BCUT2D eigenvalue weighted by molar-refractivity contribution is 6.03. The average molecular weight is 355 g/mol. The van der Waals surface area contributed by atoms with Gasteiger partial charge in [0.25, 0.3) is 0 Å². The number of anilines is 1. The van der Waals surface area contributed by atoms with Crippen LogP contribution in [0.5, 0.6) is 5.75 Å². The zero-order valence-electron chi connectivity index (χ0n) is 13.9. The van der Waals surface area contributed by atoms with Crippen LogP contribution in [-0.4, -0.2) is 39.2 Å². The number of carbonyl (C=O) groups excluding carboxylic acids is 2. The quantitative estimate of drug-likeness (QED) is 0.811. The smallest absolute Gasteiger partial charge is 0.340 e. The van der Waals surface area contributed by atoms with E-state index in [2.05, 4.69) is 10.6 Å². The first-order valence-corrected chi connectivity index (χ1v) is 7.87. The molecule has 0 aromatic heterocycles. The Balaban J connectivity index is 0.00000208. The normalized spacial score (nSPS) is 20.7. The third-order valence-corrected chi connectivity index (χ3v) is 5.00. The van der Waals surface area contributed by atoms with Crippen molar-refractivity contribution in [3.8, 4) is 5.75 Å². The average Bonchev–Trinajstić information content (AvgIpc) is 3.28. The van der Waals surface area contributed by atoms with E-state index < -0.39 is 5.97 Å². The Kier molecular flexibility index (Phi) is 5.72. The molecule has 1 saturated carbocycles. The second-order valence-corrected chi connectivity index (χ2v) is 6.26. The van der Waals surface area contributed by atoms with Gasteiger partial charge in [0.2, 0.25) is 5.91 Å². The molecule has 1 saturated heterocycles.